The van der Waals surface area contributed by atoms with Crippen LogP contribution in [0.2, 0.25) is 10.0 Å². The van der Waals surface area contributed by atoms with Crippen LogP contribution in [0.4, 0.5) is 5.82 Å². The minimum atomic E-state index is -1.04. The van der Waals surface area contributed by atoms with Crippen molar-refractivity contribution in [2.45, 2.75) is 19.5 Å². The monoisotopic (exact) mass is 485 g/mol. The number of carbonyl (C=O) groups excluding carboxylic acids is 1. The molecule has 0 spiro atoms. The molecule has 0 saturated carbocycles. The summed E-state index contributed by atoms with van der Waals surface area (Å²) >= 11 is 15.4. The van der Waals surface area contributed by atoms with Gasteiger partial charge in [0.15, 0.2) is 5.82 Å². The van der Waals surface area contributed by atoms with Gasteiger partial charge in [0.2, 0.25) is 0 Å². The Bertz CT molecular complexity index is 1050. The Morgan fingerprint density at radius 3 is 2.75 bits per heavy atom. The first kappa shape index (κ1) is 20.4. The van der Waals surface area contributed by atoms with Gasteiger partial charge in [0, 0.05) is 22.4 Å². The number of aliphatic carboxylic acids is 1. The second-order valence-electron chi connectivity index (χ2n) is 5.94. The molecule has 0 aliphatic carbocycles. The molecule has 2 heterocycles. The van der Waals surface area contributed by atoms with Gasteiger partial charge in [-0.05, 0) is 40.5 Å². The third-order valence-electron chi connectivity index (χ3n) is 3.91. The maximum Gasteiger partial charge on any atom is 0.328 e. The van der Waals surface area contributed by atoms with Crippen LogP contribution in [-0.4, -0.2) is 36.5 Å². The van der Waals surface area contributed by atoms with Gasteiger partial charge >= 0.3 is 5.97 Å². The third-order valence-corrected chi connectivity index (χ3v) is 5.08. The van der Waals surface area contributed by atoms with E-state index in [1.807, 2.05) is 0 Å². The van der Waals surface area contributed by atoms with Crippen molar-refractivity contribution >= 4 is 56.8 Å². The Kier molecular flexibility index (Phi) is 6.07. The Hall–Kier alpha value is -2.36. The van der Waals surface area contributed by atoms with Gasteiger partial charge in [-0.15, -0.1) is 0 Å². The first-order chi connectivity index (χ1) is 13.2. The molecule has 1 unspecified atom stereocenters. The first-order valence-corrected chi connectivity index (χ1v) is 9.54. The second-order valence-corrected chi connectivity index (χ2v) is 7.63. The Morgan fingerprint density at radius 1 is 1.32 bits per heavy atom. The van der Waals surface area contributed by atoms with Crippen LogP contribution in [-0.2, 0) is 11.3 Å². The molecular formula is C17H14BrCl2N5O3. The molecule has 0 fully saturated rings. The van der Waals surface area contributed by atoms with E-state index in [-0.39, 0.29) is 5.56 Å². The van der Waals surface area contributed by atoms with Gasteiger partial charge in [0.25, 0.3) is 5.91 Å². The zero-order chi connectivity index (χ0) is 20.4. The minimum absolute atomic E-state index is 0.218. The lowest BCUT2D eigenvalue weighted by Gasteiger charge is -2.05. The third kappa shape index (κ3) is 4.54. The van der Waals surface area contributed by atoms with E-state index in [2.05, 4.69) is 31.4 Å². The summed E-state index contributed by atoms with van der Waals surface area (Å²) < 4.78 is 3.40. The van der Waals surface area contributed by atoms with Crippen molar-refractivity contribution in [3.05, 3.63) is 62.4 Å². The SMILES string of the molecule is CC(C(=O)O)n1cc(C(=O)Nc2nn(Cc3ccc(Cl)cc3Cl)cc2Br)cn1. The molecule has 0 aliphatic heterocycles. The van der Waals surface area contributed by atoms with Crippen LogP contribution in [0.25, 0.3) is 0 Å². The fraction of sp³-hybridized carbons (Fsp3) is 0.176. The largest absolute Gasteiger partial charge is 0.480 e. The molecule has 8 nitrogen and oxygen atoms in total. The second kappa shape index (κ2) is 8.34. The summed E-state index contributed by atoms with van der Waals surface area (Å²) in [4.78, 5) is 23.4. The van der Waals surface area contributed by atoms with E-state index in [4.69, 9.17) is 28.3 Å². The van der Waals surface area contributed by atoms with E-state index < -0.39 is 17.9 Å². The Balaban J connectivity index is 1.73. The molecule has 1 atom stereocenters. The zero-order valence-corrected chi connectivity index (χ0v) is 17.5. The van der Waals surface area contributed by atoms with Gasteiger partial charge in [-0.1, -0.05) is 29.3 Å². The average molecular weight is 487 g/mol. The normalized spacial score (nSPS) is 12.0. The molecule has 28 heavy (non-hydrogen) atoms. The van der Waals surface area contributed by atoms with Crippen molar-refractivity contribution in [2.24, 2.45) is 0 Å². The summed E-state index contributed by atoms with van der Waals surface area (Å²) in [5.41, 5.74) is 1.04. The van der Waals surface area contributed by atoms with Gasteiger partial charge < -0.3 is 10.4 Å². The zero-order valence-electron chi connectivity index (χ0n) is 14.4. The number of anilines is 1. The molecule has 0 radical (unpaired) electrons. The minimum Gasteiger partial charge on any atom is -0.480 e. The van der Waals surface area contributed by atoms with E-state index in [0.29, 0.717) is 26.9 Å². The Morgan fingerprint density at radius 2 is 2.07 bits per heavy atom. The predicted octanol–water partition coefficient (Wildman–Crippen LogP) is 4.10. The highest BCUT2D eigenvalue weighted by molar-refractivity contribution is 9.10. The fourth-order valence-electron chi connectivity index (χ4n) is 2.35. The summed E-state index contributed by atoms with van der Waals surface area (Å²) in [6.45, 7) is 1.86. The number of carboxylic acid groups (broad SMARTS) is 1. The van der Waals surface area contributed by atoms with Crippen LogP contribution in [0.5, 0.6) is 0 Å². The quantitative estimate of drug-likeness (QED) is 0.546. The molecule has 11 heteroatoms. The number of nitrogens with one attached hydrogen (secondary N) is 1. The van der Waals surface area contributed by atoms with Crippen LogP contribution in [0.1, 0.15) is 28.9 Å². The van der Waals surface area contributed by atoms with Gasteiger partial charge in [-0.25, -0.2) is 4.79 Å². The van der Waals surface area contributed by atoms with E-state index in [9.17, 15) is 9.59 Å². The number of hydrogen-bond donors (Lipinski definition) is 2. The summed E-state index contributed by atoms with van der Waals surface area (Å²) in [6.07, 6.45) is 4.37. The number of hydrogen-bond acceptors (Lipinski definition) is 4. The van der Waals surface area contributed by atoms with Crippen LogP contribution >= 0.6 is 39.1 Å². The number of halogens is 3. The number of rotatable bonds is 6. The molecule has 0 bridgehead atoms. The number of benzene rings is 1. The molecule has 0 saturated heterocycles. The van der Waals surface area contributed by atoms with Crippen LogP contribution < -0.4 is 5.32 Å². The Labute approximate surface area is 178 Å². The number of amides is 1. The lowest BCUT2D eigenvalue weighted by Crippen LogP contribution is -2.16. The van der Waals surface area contributed by atoms with Crippen molar-refractivity contribution in [3.8, 4) is 0 Å². The number of nitrogens with zero attached hydrogens (tertiary/aromatic N) is 4. The van der Waals surface area contributed by atoms with Crippen LogP contribution in [0.3, 0.4) is 0 Å². The summed E-state index contributed by atoms with van der Waals surface area (Å²) in [7, 11) is 0. The van der Waals surface area contributed by atoms with Crippen molar-refractivity contribution in [1.82, 2.24) is 19.6 Å². The van der Waals surface area contributed by atoms with E-state index >= 15 is 0 Å². The standard InChI is InChI=1S/C17H14BrCl2N5O3/c1-9(17(27)28)25-7-11(5-21-25)16(26)22-15-13(18)8-24(23-15)6-10-2-3-12(19)4-14(10)20/h2-5,7-9H,6H2,1H3,(H,27,28)(H,22,23,26). The number of aromatic nitrogens is 4. The molecule has 146 valence electrons. The number of carbonyl (C=O) groups is 2. The topological polar surface area (TPSA) is 102 Å². The van der Waals surface area contributed by atoms with Crippen molar-refractivity contribution < 1.29 is 14.7 Å². The highest BCUT2D eigenvalue weighted by atomic mass is 79.9. The lowest BCUT2D eigenvalue weighted by molar-refractivity contribution is -0.140. The molecule has 2 aromatic heterocycles. The first-order valence-electron chi connectivity index (χ1n) is 8.00. The molecule has 1 aromatic carbocycles. The van der Waals surface area contributed by atoms with Gasteiger partial charge in [0.1, 0.15) is 6.04 Å². The highest BCUT2D eigenvalue weighted by Crippen LogP contribution is 2.25. The predicted molar refractivity (Wildman–Crippen MR) is 108 cm³/mol. The van der Waals surface area contributed by atoms with Crippen molar-refractivity contribution in [2.75, 3.05) is 5.32 Å². The number of carboxylic acids is 1. The lowest BCUT2D eigenvalue weighted by atomic mass is 10.2. The van der Waals surface area contributed by atoms with Crippen LogP contribution in [0, 0.1) is 0 Å². The van der Waals surface area contributed by atoms with Gasteiger partial charge in [-0.2, -0.15) is 10.2 Å². The van der Waals surface area contributed by atoms with Crippen molar-refractivity contribution in [3.63, 3.8) is 0 Å². The fourth-order valence-corrected chi connectivity index (χ4v) is 3.23. The summed E-state index contributed by atoms with van der Waals surface area (Å²) in [5, 5.41) is 21.0. The summed E-state index contributed by atoms with van der Waals surface area (Å²) in [5.74, 6) is -1.19. The van der Waals surface area contributed by atoms with Gasteiger partial charge in [-0.3, -0.25) is 14.2 Å². The maximum absolute atomic E-state index is 12.4. The smallest absolute Gasteiger partial charge is 0.328 e. The molecule has 3 aromatic rings. The van der Waals surface area contributed by atoms with Crippen molar-refractivity contribution in [1.29, 1.82) is 0 Å². The maximum atomic E-state index is 12.4. The van der Waals surface area contributed by atoms with E-state index in [0.717, 1.165) is 5.56 Å². The molecule has 1 amide bonds. The van der Waals surface area contributed by atoms with E-state index in [1.54, 1.807) is 29.1 Å². The highest BCUT2D eigenvalue weighted by Gasteiger charge is 2.18. The molecule has 3 rings (SSSR count). The van der Waals surface area contributed by atoms with Crippen LogP contribution in [0.15, 0.2) is 41.3 Å². The van der Waals surface area contributed by atoms with E-state index in [1.165, 1.54) is 24.0 Å². The van der Waals surface area contributed by atoms with Gasteiger partial charge in [0.05, 0.1) is 22.8 Å². The molecule has 0 aliphatic rings. The average Bonchev–Trinajstić information content (AvgIpc) is 3.24. The summed E-state index contributed by atoms with van der Waals surface area (Å²) in [6, 6.07) is 4.31. The molecule has 2 N–H and O–H groups in total. The molecular weight excluding hydrogens is 473 g/mol.